The molecule has 5 nitrogen and oxygen atoms in total. The van der Waals surface area contributed by atoms with E-state index in [1.165, 1.54) is 0 Å². The Labute approximate surface area is 99.4 Å². The van der Waals surface area contributed by atoms with E-state index in [1.807, 2.05) is 0 Å². The molecule has 0 N–H and O–H groups in total. The number of aromatic nitrogens is 2. The van der Waals surface area contributed by atoms with Crippen LogP contribution in [0.4, 0.5) is 5.82 Å². The van der Waals surface area contributed by atoms with Crippen molar-refractivity contribution >= 4 is 23.4 Å². The van der Waals surface area contributed by atoms with Crippen LogP contribution in [0.5, 0.6) is 0 Å². The third-order valence-electron chi connectivity index (χ3n) is 1.86. The molecular weight excluding hydrogens is 230 g/mol. The first-order valence-corrected chi connectivity index (χ1v) is 5.28. The van der Waals surface area contributed by atoms with E-state index in [0.717, 1.165) is 0 Å². The average Bonchev–Trinajstić information content (AvgIpc) is 2.16. The van der Waals surface area contributed by atoms with Crippen molar-refractivity contribution in [1.82, 2.24) is 9.97 Å². The largest absolute Gasteiger partial charge is 0.465 e. The van der Waals surface area contributed by atoms with E-state index >= 15 is 0 Å². The minimum absolute atomic E-state index is 0.140. The van der Waals surface area contributed by atoms with Crippen molar-refractivity contribution in [2.45, 2.75) is 13.8 Å². The van der Waals surface area contributed by atoms with Crippen LogP contribution in [0.3, 0.4) is 0 Å². The minimum atomic E-state index is -0.294. The van der Waals surface area contributed by atoms with Gasteiger partial charge in [-0.05, 0) is 13.8 Å². The van der Waals surface area contributed by atoms with Gasteiger partial charge in [0.05, 0.1) is 6.61 Å². The van der Waals surface area contributed by atoms with Crippen LogP contribution in [0, 0.1) is 6.92 Å². The van der Waals surface area contributed by atoms with Gasteiger partial charge in [-0.2, -0.15) is 0 Å². The highest BCUT2D eigenvalue weighted by Gasteiger charge is 2.10. The molecule has 1 heterocycles. The summed E-state index contributed by atoms with van der Waals surface area (Å²) in [7, 11) is 1.75. The number of likely N-dealkylation sites (N-methyl/N-ethyl adjacent to an activating group) is 1. The molecule has 1 aromatic rings. The molecule has 0 aromatic carbocycles. The molecule has 0 saturated heterocycles. The second-order valence-corrected chi connectivity index (χ2v) is 3.64. The van der Waals surface area contributed by atoms with Crippen LogP contribution >= 0.6 is 11.6 Å². The molecule has 0 aliphatic carbocycles. The highest BCUT2D eigenvalue weighted by molar-refractivity contribution is 6.29. The molecule has 88 valence electrons. The number of aryl methyl sites for hydroxylation is 1. The fraction of sp³-hybridized carbons (Fsp3) is 0.500. The lowest BCUT2D eigenvalue weighted by Gasteiger charge is -2.17. The lowest BCUT2D eigenvalue weighted by atomic mass is 10.4. The number of carbonyl (C=O) groups excluding carboxylic acids is 1. The molecule has 6 heteroatoms. The number of ether oxygens (including phenoxy) is 1. The lowest BCUT2D eigenvalue weighted by Crippen LogP contribution is -2.28. The van der Waals surface area contributed by atoms with Gasteiger partial charge in [-0.3, -0.25) is 4.79 Å². The fourth-order valence-electron chi connectivity index (χ4n) is 1.19. The highest BCUT2D eigenvalue weighted by atomic mass is 35.5. The number of carbonyl (C=O) groups is 1. The molecule has 1 rings (SSSR count). The number of anilines is 1. The van der Waals surface area contributed by atoms with Gasteiger partial charge in [0.15, 0.2) is 0 Å². The molecular formula is C10H14ClN3O2. The van der Waals surface area contributed by atoms with Crippen LogP contribution in [0.2, 0.25) is 5.15 Å². The standard InChI is InChI=1S/C10H14ClN3O2/c1-4-16-10(15)6-14(3)9-5-8(11)12-7(2)13-9/h5H,4,6H2,1-3H3. The van der Waals surface area contributed by atoms with Crippen molar-refractivity contribution in [3.63, 3.8) is 0 Å². The Bertz CT molecular complexity index is 364. The Hall–Kier alpha value is -1.36. The third kappa shape index (κ3) is 3.66. The zero-order chi connectivity index (χ0) is 12.1. The summed E-state index contributed by atoms with van der Waals surface area (Å²) >= 11 is 5.80. The first-order valence-electron chi connectivity index (χ1n) is 4.91. The van der Waals surface area contributed by atoms with E-state index in [2.05, 4.69) is 9.97 Å². The summed E-state index contributed by atoms with van der Waals surface area (Å²) in [5.74, 6) is 0.876. The quantitative estimate of drug-likeness (QED) is 0.592. The van der Waals surface area contributed by atoms with E-state index in [1.54, 1.807) is 31.9 Å². The van der Waals surface area contributed by atoms with Gasteiger partial charge in [0, 0.05) is 13.1 Å². The van der Waals surface area contributed by atoms with Crippen LogP contribution < -0.4 is 4.90 Å². The topological polar surface area (TPSA) is 55.3 Å². The normalized spacial score (nSPS) is 10.0. The van der Waals surface area contributed by atoms with Gasteiger partial charge < -0.3 is 9.64 Å². The predicted molar refractivity (Wildman–Crippen MR) is 61.7 cm³/mol. The van der Waals surface area contributed by atoms with Crippen LogP contribution in [-0.4, -0.2) is 36.1 Å². The number of hydrogen-bond donors (Lipinski definition) is 0. The molecule has 0 bridgehead atoms. The van der Waals surface area contributed by atoms with E-state index < -0.39 is 0 Å². The van der Waals surface area contributed by atoms with Crippen molar-refractivity contribution in [2.24, 2.45) is 0 Å². The Morgan fingerprint density at radius 2 is 2.25 bits per heavy atom. The van der Waals surface area contributed by atoms with Gasteiger partial charge in [0.1, 0.15) is 23.3 Å². The van der Waals surface area contributed by atoms with Crippen molar-refractivity contribution in [3.8, 4) is 0 Å². The van der Waals surface area contributed by atoms with Crippen LogP contribution in [-0.2, 0) is 9.53 Å². The average molecular weight is 244 g/mol. The maximum Gasteiger partial charge on any atom is 0.325 e. The summed E-state index contributed by atoms with van der Waals surface area (Å²) in [5, 5.41) is 0.359. The molecule has 16 heavy (non-hydrogen) atoms. The second-order valence-electron chi connectivity index (χ2n) is 3.26. The van der Waals surface area contributed by atoms with E-state index in [9.17, 15) is 4.79 Å². The number of esters is 1. The smallest absolute Gasteiger partial charge is 0.325 e. The van der Waals surface area contributed by atoms with Gasteiger partial charge in [-0.15, -0.1) is 0 Å². The Balaban J connectivity index is 2.72. The first-order chi connectivity index (χ1) is 7.52. The molecule has 1 aromatic heterocycles. The van der Waals surface area contributed by atoms with Crippen LogP contribution in [0.25, 0.3) is 0 Å². The van der Waals surface area contributed by atoms with E-state index in [4.69, 9.17) is 16.3 Å². The van der Waals surface area contributed by atoms with Gasteiger partial charge in [0.2, 0.25) is 0 Å². The summed E-state index contributed by atoms with van der Waals surface area (Å²) < 4.78 is 4.84. The summed E-state index contributed by atoms with van der Waals surface area (Å²) in [5.41, 5.74) is 0. The van der Waals surface area contributed by atoms with E-state index in [-0.39, 0.29) is 12.5 Å². The lowest BCUT2D eigenvalue weighted by molar-refractivity contribution is -0.141. The Morgan fingerprint density at radius 1 is 1.56 bits per heavy atom. The molecule has 0 unspecified atom stereocenters. The van der Waals surface area contributed by atoms with Gasteiger partial charge >= 0.3 is 5.97 Å². The molecule has 0 radical (unpaired) electrons. The first kappa shape index (κ1) is 12.7. The zero-order valence-electron chi connectivity index (χ0n) is 9.53. The molecule has 0 spiro atoms. The SMILES string of the molecule is CCOC(=O)CN(C)c1cc(Cl)nc(C)n1. The van der Waals surface area contributed by atoms with Gasteiger partial charge in [-0.25, -0.2) is 9.97 Å². The van der Waals surface area contributed by atoms with Gasteiger partial charge in [-0.1, -0.05) is 11.6 Å². The number of hydrogen-bond acceptors (Lipinski definition) is 5. The van der Waals surface area contributed by atoms with Gasteiger partial charge in [0.25, 0.3) is 0 Å². The molecule has 0 amide bonds. The summed E-state index contributed by atoms with van der Waals surface area (Å²) in [6.07, 6.45) is 0. The van der Waals surface area contributed by atoms with Crippen molar-refractivity contribution in [3.05, 3.63) is 17.0 Å². The molecule has 0 fully saturated rings. The number of rotatable bonds is 4. The fourth-order valence-corrected chi connectivity index (χ4v) is 1.41. The van der Waals surface area contributed by atoms with Crippen molar-refractivity contribution in [1.29, 1.82) is 0 Å². The number of nitrogens with zero attached hydrogens (tertiary/aromatic N) is 3. The zero-order valence-corrected chi connectivity index (χ0v) is 10.3. The minimum Gasteiger partial charge on any atom is -0.465 e. The monoisotopic (exact) mass is 243 g/mol. The van der Waals surface area contributed by atoms with Crippen molar-refractivity contribution < 1.29 is 9.53 Å². The summed E-state index contributed by atoms with van der Waals surface area (Å²) in [6, 6.07) is 1.60. The predicted octanol–water partition coefficient (Wildman–Crippen LogP) is 1.44. The summed E-state index contributed by atoms with van der Waals surface area (Å²) in [6.45, 7) is 4.02. The summed E-state index contributed by atoms with van der Waals surface area (Å²) in [4.78, 5) is 21.0. The van der Waals surface area contributed by atoms with E-state index in [0.29, 0.717) is 23.4 Å². The highest BCUT2D eigenvalue weighted by Crippen LogP contribution is 2.14. The van der Waals surface area contributed by atoms with Crippen molar-refractivity contribution in [2.75, 3.05) is 25.1 Å². The Kier molecular flexibility index (Phi) is 4.49. The molecule has 0 aliphatic rings. The molecule has 0 saturated carbocycles. The third-order valence-corrected chi connectivity index (χ3v) is 2.05. The maximum absolute atomic E-state index is 11.3. The van der Waals surface area contributed by atoms with Crippen LogP contribution in [0.15, 0.2) is 6.07 Å². The maximum atomic E-state index is 11.3. The molecule has 0 atom stereocenters. The Morgan fingerprint density at radius 3 is 2.81 bits per heavy atom. The van der Waals surface area contributed by atoms with Crippen LogP contribution in [0.1, 0.15) is 12.7 Å². The molecule has 0 aliphatic heterocycles. The second kappa shape index (κ2) is 5.65. The number of halogens is 1.